The van der Waals surface area contributed by atoms with Crippen LogP contribution in [0.3, 0.4) is 0 Å². The van der Waals surface area contributed by atoms with Gasteiger partial charge in [0.1, 0.15) is 11.9 Å². The van der Waals surface area contributed by atoms with Crippen molar-refractivity contribution in [3.63, 3.8) is 0 Å². The molecule has 0 saturated carbocycles. The fourth-order valence-corrected chi connectivity index (χ4v) is 2.53. The number of rotatable bonds is 6. The van der Waals surface area contributed by atoms with Crippen LogP contribution in [0.15, 0.2) is 30.3 Å². The molecule has 1 atom stereocenters. The molecule has 4 heteroatoms. The molecular formula is C18H24N2O2. The highest BCUT2D eigenvalue weighted by Crippen LogP contribution is 2.21. The number of nitrogens with one attached hydrogen (secondary N) is 1. The number of nitrogens with zero attached hydrogens (tertiary/aromatic N) is 1. The molecule has 0 aliphatic rings. The van der Waals surface area contributed by atoms with E-state index in [-0.39, 0.29) is 12.0 Å². The van der Waals surface area contributed by atoms with Gasteiger partial charge in [0.15, 0.2) is 0 Å². The number of carbonyl (C=O) groups excluding carboxylic acids is 1. The van der Waals surface area contributed by atoms with Gasteiger partial charge in [-0.2, -0.15) is 0 Å². The molecule has 2 aromatic rings. The molecule has 0 saturated heterocycles. The molecule has 2 rings (SSSR count). The van der Waals surface area contributed by atoms with Crippen molar-refractivity contribution in [2.24, 2.45) is 5.92 Å². The van der Waals surface area contributed by atoms with Gasteiger partial charge in [-0.1, -0.05) is 32.0 Å². The topological polar surface area (TPSA) is 51.2 Å². The van der Waals surface area contributed by atoms with Gasteiger partial charge in [-0.15, -0.1) is 0 Å². The Bertz CT molecular complexity index is 653. The van der Waals surface area contributed by atoms with E-state index in [2.05, 4.69) is 37.1 Å². The third kappa shape index (κ3) is 3.97. The van der Waals surface area contributed by atoms with Crippen LogP contribution in [0, 0.1) is 12.8 Å². The number of carbonyl (C=O) groups is 1. The first kappa shape index (κ1) is 16.3. The minimum absolute atomic E-state index is 0.219. The van der Waals surface area contributed by atoms with Crippen molar-refractivity contribution < 1.29 is 9.53 Å². The van der Waals surface area contributed by atoms with Crippen LogP contribution in [0.1, 0.15) is 32.8 Å². The number of aryl methyl sites for hydroxylation is 1. The third-order valence-corrected chi connectivity index (χ3v) is 3.52. The van der Waals surface area contributed by atoms with Gasteiger partial charge in [-0.25, -0.2) is 9.78 Å². The van der Waals surface area contributed by atoms with Crippen molar-refractivity contribution >= 4 is 22.7 Å². The predicted octanol–water partition coefficient (Wildman–Crippen LogP) is 3.93. The van der Waals surface area contributed by atoms with E-state index in [1.807, 2.05) is 31.2 Å². The van der Waals surface area contributed by atoms with Crippen LogP contribution >= 0.6 is 0 Å². The molecule has 0 unspecified atom stereocenters. The Morgan fingerprint density at radius 3 is 2.73 bits per heavy atom. The molecule has 0 spiro atoms. The molecular weight excluding hydrogens is 276 g/mol. The van der Waals surface area contributed by atoms with Crippen molar-refractivity contribution in [2.75, 3.05) is 11.9 Å². The number of fused-ring (bicyclic) bond motifs is 1. The van der Waals surface area contributed by atoms with Crippen molar-refractivity contribution in [3.05, 3.63) is 35.9 Å². The first-order chi connectivity index (χ1) is 10.5. The standard InChI is InChI=1S/C18H24N2O2/c1-5-22-18(21)16(10-12(2)3)20-17-11-13(4)14-8-6-7-9-15(14)19-17/h6-9,11-12,16H,5,10H2,1-4H3,(H,19,20)/t16-/m0/s1. The summed E-state index contributed by atoms with van der Waals surface area (Å²) in [5.74, 6) is 0.891. The summed E-state index contributed by atoms with van der Waals surface area (Å²) < 4.78 is 5.17. The van der Waals surface area contributed by atoms with Gasteiger partial charge in [0.2, 0.25) is 0 Å². The second kappa shape index (κ2) is 7.25. The fourth-order valence-electron chi connectivity index (χ4n) is 2.53. The van der Waals surface area contributed by atoms with Crippen LogP contribution in [0.2, 0.25) is 0 Å². The van der Waals surface area contributed by atoms with E-state index in [9.17, 15) is 4.79 Å². The minimum atomic E-state index is -0.368. The zero-order chi connectivity index (χ0) is 16.1. The summed E-state index contributed by atoms with van der Waals surface area (Å²) in [5, 5.41) is 4.37. The number of ether oxygens (including phenoxy) is 1. The van der Waals surface area contributed by atoms with Crippen LogP contribution in [0.5, 0.6) is 0 Å². The van der Waals surface area contributed by atoms with Gasteiger partial charge in [-0.3, -0.25) is 0 Å². The Balaban J connectivity index is 2.27. The molecule has 1 aromatic heterocycles. The summed E-state index contributed by atoms with van der Waals surface area (Å²) in [6, 6.07) is 9.62. The number of esters is 1. The summed E-state index contributed by atoms with van der Waals surface area (Å²) in [7, 11) is 0. The van der Waals surface area contributed by atoms with Crippen LogP contribution in [-0.2, 0) is 9.53 Å². The maximum absolute atomic E-state index is 12.1. The van der Waals surface area contributed by atoms with Crippen LogP contribution in [0.25, 0.3) is 10.9 Å². The SMILES string of the molecule is CCOC(=O)[C@H](CC(C)C)Nc1cc(C)c2ccccc2n1. The molecule has 1 N–H and O–H groups in total. The van der Waals surface area contributed by atoms with Gasteiger partial charge in [0.05, 0.1) is 12.1 Å². The van der Waals surface area contributed by atoms with Gasteiger partial charge in [0, 0.05) is 5.39 Å². The summed E-state index contributed by atoms with van der Waals surface area (Å²) in [6.07, 6.45) is 0.715. The molecule has 0 fully saturated rings. The lowest BCUT2D eigenvalue weighted by atomic mass is 10.0. The number of hydrogen-bond acceptors (Lipinski definition) is 4. The summed E-state index contributed by atoms with van der Waals surface area (Å²) >= 11 is 0. The first-order valence-electron chi connectivity index (χ1n) is 7.80. The van der Waals surface area contributed by atoms with Gasteiger partial charge >= 0.3 is 5.97 Å². The van der Waals surface area contributed by atoms with E-state index in [0.29, 0.717) is 18.9 Å². The van der Waals surface area contributed by atoms with Gasteiger partial charge in [-0.05, 0) is 43.9 Å². The quantitative estimate of drug-likeness (QED) is 0.821. The zero-order valence-electron chi connectivity index (χ0n) is 13.7. The maximum Gasteiger partial charge on any atom is 0.328 e. The largest absolute Gasteiger partial charge is 0.464 e. The minimum Gasteiger partial charge on any atom is -0.464 e. The van der Waals surface area contributed by atoms with E-state index >= 15 is 0 Å². The van der Waals surface area contributed by atoms with Crippen molar-refractivity contribution in [2.45, 2.75) is 40.2 Å². The van der Waals surface area contributed by atoms with E-state index in [1.54, 1.807) is 0 Å². The van der Waals surface area contributed by atoms with Crippen molar-refractivity contribution in [3.8, 4) is 0 Å². The summed E-state index contributed by atoms with van der Waals surface area (Å²) in [4.78, 5) is 16.7. The average Bonchev–Trinajstić information content (AvgIpc) is 2.46. The zero-order valence-corrected chi connectivity index (χ0v) is 13.7. The maximum atomic E-state index is 12.1. The number of anilines is 1. The number of para-hydroxylation sites is 1. The number of hydrogen-bond donors (Lipinski definition) is 1. The lowest BCUT2D eigenvalue weighted by molar-refractivity contribution is -0.144. The smallest absolute Gasteiger partial charge is 0.328 e. The molecule has 0 aliphatic carbocycles. The van der Waals surface area contributed by atoms with Gasteiger partial charge < -0.3 is 10.1 Å². The highest BCUT2D eigenvalue weighted by molar-refractivity contribution is 5.85. The third-order valence-electron chi connectivity index (χ3n) is 3.52. The molecule has 1 aromatic carbocycles. The molecule has 0 bridgehead atoms. The van der Waals surface area contributed by atoms with Crippen LogP contribution in [0.4, 0.5) is 5.82 Å². The molecule has 1 heterocycles. The van der Waals surface area contributed by atoms with Crippen LogP contribution in [-0.4, -0.2) is 23.6 Å². The lowest BCUT2D eigenvalue weighted by Gasteiger charge is -2.20. The molecule has 0 aliphatic heterocycles. The number of aromatic nitrogens is 1. The fraction of sp³-hybridized carbons (Fsp3) is 0.444. The Hall–Kier alpha value is -2.10. The Morgan fingerprint density at radius 1 is 1.32 bits per heavy atom. The monoisotopic (exact) mass is 300 g/mol. The molecule has 0 amide bonds. The predicted molar refractivity (Wildman–Crippen MR) is 90.0 cm³/mol. The highest BCUT2D eigenvalue weighted by Gasteiger charge is 2.21. The number of benzene rings is 1. The van der Waals surface area contributed by atoms with E-state index in [1.165, 1.54) is 0 Å². The van der Waals surface area contributed by atoms with E-state index in [0.717, 1.165) is 22.3 Å². The Kier molecular flexibility index (Phi) is 5.36. The molecule has 118 valence electrons. The van der Waals surface area contributed by atoms with Crippen molar-refractivity contribution in [1.29, 1.82) is 0 Å². The molecule has 4 nitrogen and oxygen atoms in total. The summed E-state index contributed by atoms with van der Waals surface area (Å²) in [5.41, 5.74) is 2.07. The lowest BCUT2D eigenvalue weighted by Crippen LogP contribution is -2.33. The Morgan fingerprint density at radius 2 is 2.05 bits per heavy atom. The number of pyridine rings is 1. The highest BCUT2D eigenvalue weighted by atomic mass is 16.5. The normalized spacial score (nSPS) is 12.4. The first-order valence-corrected chi connectivity index (χ1v) is 7.80. The second-order valence-corrected chi connectivity index (χ2v) is 5.92. The Labute approximate surface area is 131 Å². The van der Waals surface area contributed by atoms with E-state index < -0.39 is 0 Å². The molecule has 22 heavy (non-hydrogen) atoms. The van der Waals surface area contributed by atoms with Crippen molar-refractivity contribution in [1.82, 2.24) is 4.98 Å². The average molecular weight is 300 g/mol. The second-order valence-electron chi connectivity index (χ2n) is 5.92. The van der Waals surface area contributed by atoms with Crippen LogP contribution < -0.4 is 5.32 Å². The van der Waals surface area contributed by atoms with Gasteiger partial charge in [0.25, 0.3) is 0 Å². The molecule has 0 radical (unpaired) electrons. The van der Waals surface area contributed by atoms with E-state index in [4.69, 9.17) is 4.74 Å². The summed E-state index contributed by atoms with van der Waals surface area (Å²) in [6.45, 7) is 8.44.